The third-order valence-electron chi connectivity index (χ3n) is 2.27. The van der Waals surface area contributed by atoms with Gasteiger partial charge in [-0.25, -0.2) is 8.78 Å². The molecule has 0 N–H and O–H groups in total. The van der Waals surface area contributed by atoms with E-state index in [1.807, 2.05) is 6.07 Å². The van der Waals surface area contributed by atoms with E-state index in [9.17, 15) is 8.78 Å². The smallest absolute Gasteiger partial charge is 0.264 e. The van der Waals surface area contributed by atoms with Crippen LogP contribution >= 0.6 is 0 Å². The fraction of sp³-hybridized carbons (Fsp3) is 0.875. The van der Waals surface area contributed by atoms with Crippen molar-refractivity contribution in [3.63, 3.8) is 0 Å². The van der Waals surface area contributed by atoms with Gasteiger partial charge in [-0.15, -0.1) is 0 Å². The maximum atomic E-state index is 13.1. The molecule has 68 valence electrons. The molecule has 1 unspecified atom stereocenters. The quantitative estimate of drug-likeness (QED) is 0.602. The van der Waals surface area contributed by atoms with Crippen molar-refractivity contribution in [2.75, 3.05) is 20.1 Å². The number of nitriles is 1. The first-order chi connectivity index (χ1) is 5.56. The average Bonchev–Trinajstić information content (AvgIpc) is 1.94. The maximum Gasteiger partial charge on any atom is 0.264 e. The summed E-state index contributed by atoms with van der Waals surface area (Å²) in [5.41, 5.74) is 0. The molecule has 0 bridgehead atoms. The second kappa shape index (κ2) is 3.36. The van der Waals surface area contributed by atoms with Gasteiger partial charge in [0.05, 0.1) is 12.6 Å². The van der Waals surface area contributed by atoms with E-state index in [-0.39, 0.29) is 13.0 Å². The van der Waals surface area contributed by atoms with Gasteiger partial charge in [0.25, 0.3) is 5.92 Å². The summed E-state index contributed by atoms with van der Waals surface area (Å²) < 4.78 is 26.2. The van der Waals surface area contributed by atoms with Crippen LogP contribution in [0.5, 0.6) is 0 Å². The summed E-state index contributed by atoms with van der Waals surface area (Å²) in [7, 11) is 1.68. The lowest BCUT2D eigenvalue weighted by Gasteiger charge is -2.35. The normalized spacial score (nSPS) is 29.7. The minimum absolute atomic E-state index is 0.0269. The molecule has 0 amide bonds. The van der Waals surface area contributed by atoms with Crippen molar-refractivity contribution in [2.45, 2.75) is 18.8 Å². The molecule has 12 heavy (non-hydrogen) atoms. The number of rotatable bonds is 1. The SMILES string of the molecule is CN1CCC(CC#N)C(F)(F)C1. The molecule has 0 saturated carbocycles. The Bertz CT molecular complexity index is 198. The summed E-state index contributed by atoms with van der Waals surface area (Å²) in [4.78, 5) is 1.61. The number of hydrogen-bond donors (Lipinski definition) is 0. The third-order valence-corrected chi connectivity index (χ3v) is 2.27. The summed E-state index contributed by atoms with van der Waals surface area (Å²) in [5.74, 6) is -3.42. The molecule has 2 nitrogen and oxygen atoms in total. The molecule has 1 rings (SSSR count). The topological polar surface area (TPSA) is 27.0 Å². The van der Waals surface area contributed by atoms with Crippen LogP contribution in [-0.2, 0) is 0 Å². The molecule has 4 heteroatoms. The average molecular weight is 174 g/mol. The highest BCUT2D eigenvalue weighted by Gasteiger charge is 2.43. The number of likely N-dealkylation sites (tertiary alicyclic amines) is 1. The van der Waals surface area contributed by atoms with Crippen LogP contribution in [0.3, 0.4) is 0 Å². The third kappa shape index (κ3) is 1.92. The van der Waals surface area contributed by atoms with Gasteiger partial charge in [0.2, 0.25) is 0 Å². The van der Waals surface area contributed by atoms with Crippen molar-refractivity contribution in [2.24, 2.45) is 5.92 Å². The van der Waals surface area contributed by atoms with E-state index in [0.717, 1.165) is 0 Å². The molecule has 0 spiro atoms. The second-order valence-corrected chi connectivity index (χ2v) is 3.35. The van der Waals surface area contributed by atoms with Gasteiger partial charge in [-0.05, 0) is 20.0 Å². The number of alkyl halides is 2. The summed E-state index contributed by atoms with van der Waals surface area (Å²) in [6.07, 6.45) is 0.401. The minimum Gasteiger partial charge on any atom is -0.301 e. The summed E-state index contributed by atoms with van der Waals surface area (Å²) in [6.45, 7) is 0.460. The standard InChI is InChI=1S/C8H12F2N2/c1-12-5-3-7(2-4-11)8(9,10)6-12/h7H,2-3,5-6H2,1H3. The molecule has 0 aliphatic carbocycles. The molecule has 0 aromatic carbocycles. The van der Waals surface area contributed by atoms with E-state index in [4.69, 9.17) is 5.26 Å². The predicted octanol–water partition coefficient (Wildman–Crippen LogP) is 1.49. The Morgan fingerprint density at radius 1 is 1.67 bits per heavy atom. The Kier molecular flexibility index (Phi) is 2.63. The van der Waals surface area contributed by atoms with Crippen molar-refractivity contribution in [1.29, 1.82) is 5.26 Å². The first-order valence-electron chi connectivity index (χ1n) is 3.99. The fourth-order valence-corrected chi connectivity index (χ4v) is 1.52. The first kappa shape index (κ1) is 9.40. The number of piperidine rings is 1. The first-order valence-corrected chi connectivity index (χ1v) is 3.99. The summed E-state index contributed by atoms with van der Waals surface area (Å²) in [6, 6.07) is 1.81. The molecule has 0 radical (unpaired) electrons. The lowest BCUT2D eigenvalue weighted by Crippen LogP contribution is -2.46. The van der Waals surface area contributed by atoms with E-state index in [2.05, 4.69) is 0 Å². The highest BCUT2D eigenvalue weighted by atomic mass is 19.3. The van der Waals surface area contributed by atoms with Crippen LogP contribution in [0.15, 0.2) is 0 Å². The number of hydrogen-bond acceptors (Lipinski definition) is 2. The Balaban J connectivity index is 2.59. The van der Waals surface area contributed by atoms with E-state index >= 15 is 0 Å². The molecular formula is C8H12F2N2. The van der Waals surface area contributed by atoms with Gasteiger partial charge in [0, 0.05) is 12.3 Å². The van der Waals surface area contributed by atoms with Gasteiger partial charge in [-0.2, -0.15) is 5.26 Å². The zero-order chi connectivity index (χ0) is 9.19. The van der Waals surface area contributed by atoms with E-state index in [0.29, 0.717) is 13.0 Å². The summed E-state index contributed by atoms with van der Waals surface area (Å²) in [5, 5.41) is 8.32. The van der Waals surface area contributed by atoms with Gasteiger partial charge in [-0.3, -0.25) is 0 Å². The van der Waals surface area contributed by atoms with Crippen LogP contribution in [-0.4, -0.2) is 31.0 Å². The highest BCUT2D eigenvalue weighted by Crippen LogP contribution is 2.34. The van der Waals surface area contributed by atoms with E-state index < -0.39 is 11.8 Å². The van der Waals surface area contributed by atoms with Gasteiger partial charge < -0.3 is 4.90 Å². The molecule has 1 aliphatic heterocycles. The van der Waals surface area contributed by atoms with Crippen LogP contribution in [0.2, 0.25) is 0 Å². The van der Waals surface area contributed by atoms with E-state index in [1.54, 1.807) is 11.9 Å². The summed E-state index contributed by atoms with van der Waals surface area (Å²) >= 11 is 0. The lowest BCUT2D eigenvalue weighted by atomic mass is 9.91. The molecule has 1 fully saturated rings. The Morgan fingerprint density at radius 2 is 2.33 bits per heavy atom. The van der Waals surface area contributed by atoms with Crippen molar-refractivity contribution < 1.29 is 8.78 Å². The number of nitrogens with zero attached hydrogens (tertiary/aromatic N) is 2. The van der Waals surface area contributed by atoms with Gasteiger partial charge >= 0.3 is 0 Å². The van der Waals surface area contributed by atoms with Crippen molar-refractivity contribution in [3.05, 3.63) is 0 Å². The molecule has 0 aromatic rings. The molecular weight excluding hydrogens is 162 g/mol. The maximum absolute atomic E-state index is 13.1. The van der Waals surface area contributed by atoms with Crippen LogP contribution in [0.4, 0.5) is 8.78 Å². The minimum atomic E-state index is -2.68. The Morgan fingerprint density at radius 3 is 2.83 bits per heavy atom. The molecule has 1 atom stereocenters. The van der Waals surface area contributed by atoms with Crippen molar-refractivity contribution >= 4 is 0 Å². The number of halogens is 2. The van der Waals surface area contributed by atoms with Crippen LogP contribution in [0.1, 0.15) is 12.8 Å². The highest BCUT2D eigenvalue weighted by molar-refractivity contribution is 4.90. The Hall–Kier alpha value is -0.690. The fourth-order valence-electron chi connectivity index (χ4n) is 1.52. The van der Waals surface area contributed by atoms with Crippen LogP contribution in [0.25, 0.3) is 0 Å². The van der Waals surface area contributed by atoms with E-state index in [1.165, 1.54) is 0 Å². The largest absolute Gasteiger partial charge is 0.301 e. The molecule has 1 saturated heterocycles. The Labute approximate surface area is 70.8 Å². The van der Waals surface area contributed by atoms with Gasteiger partial charge in [0.15, 0.2) is 0 Å². The van der Waals surface area contributed by atoms with Gasteiger partial charge in [0.1, 0.15) is 0 Å². The molecule has 1 aliphatic rings. The van der Waals surface area contributed by atoms with Crippen LogP contribution in [0, 0.1) is 17.2 Å². The van der Waals surface area contributed by atoms with Crippen molar-refractivity contribution in [1.82, 2.24) is 4.90 Å². The van der Waals surface area contributed by atoms with Crippen LogP contribution < -0.4 is 0 Å². The zero-order valence-electron chi connectivity index (χ0n) is 7.06. The lowest BCUT2D eigenvalue weighted by molar-refractivity contribution is -0.103. The monoisotopic (exact) mass is 174 g/mol. The molecule has 0 aromatic heterocycles. The van der Waals surface area contributed by atoms with Crippen molar-refractivity contribution in [3.8, 4) is 6.07 Å². The van der Waals surface area contributed by atoms with Gasteiger partial charge in [-0.1, -0.05) is 0 Å². The zero-order valence-corrected chi connectivity index (χ0v) is 7.06. The molecule has 1 heterocycles. The predicted molar refractivity (Wildman–Crippen MR) is 40.8 cm³/mol. The second-order valence-electron chi connectivity index (χ2n) is 3.35.